The molecule has 10 nitrogen and oxygen atoms in total. The average Bonchev–Trinajstić information content (AvgIpc) is 0. The molecule has 0 aliphatic carbocycles. The van der Waals surface area contributed by atoms with Crippen LogP contribution in [-0.2, 0) is 0 Å². The smallest absolute Gasteiger partial charge is 0.870 e. The molecule has 0 aliphatic rings. The molecule has 0 saturated heterocycles. The molecule has 0 fully saturated rings. The fourth-order valence-corrected chi connectivity index (χ4v) is 0. The zero-order valence-electron chi connectivity index (χ0n) is 5.47. The number of hydrogen-bond donors (Lipinski definition) is 0. The van der Waals surface area contributed by atoms with Crippen molar-refractivity contribution >= 4 is 0 Å². The Bertz CT molecular complexity index is 9.80. The maximum Gasteiger partial charge on any atom is 4.00 e. The van der Waals surface area contributed by atoms with Crippen molar-refractivity contribution in [2.75, 3.05) is 0 Å². The predicted octanol–water partition coefficient (Wildman–Crippen LogP) is -1.77. The average molecular weight is 640 g/mol. The van der Waals surface area contributed by atoms with Crippen molar-refractivity contribution in [3.8, 4) is 0 Å². The minimum atomic E-state index is 0. The quantitative estimate of drug-likeness (QED) is 0.287. The van der Waals surface area contributed by atoms with Gasteiger partial charge < -0.3 is 54.8 Å². The first-order valence-electron chi connectivity index (χ1n) is 0. The van der Waals surface area contributed by atoms with Gasteiger partial charge in [0.25, 0.3) is 0 Å². The van der Waals surface area contributed by atoms with Crippen molar-refractivity contribution in [2.45, 2.75) is 0 Å². The van der Waals surface area contributed by atoms with Gasteiger partial charge in [0.2, 0.25) is 0 Å². The third-order valence-electron chi connectivity index (χ3n) is 0. The zero-order chi connectivity index (χ0) is 0. The van der Waals surface area contributed by atoms with E-state index in [1.165, 1.54) is 0 Å². The predicted molar refractivity (Wildman–Crippen MR) is 19.4 cm³/mol. The molecule has 0 aromatic carbocycles. The Hall–Kier alpha value is 1.98. The Morgan fingerprint density at radius 1 is 0.250 bits per heavy atom. The van der Waals surface area contributed by atoms with E-state index in [9.17, 15) is 0 Å². The molecule has 12 heteroatoms. The van der Waals surface area contributed by atoms with Crippen LogP contribution in [0.4, 0.5) is 0 Å². The van der Waals surface area contributed by atoms with Gasteiger partial charge in [0.05, 0.1) is 0 Å². The molecule has 10 N–H and O–H groups in total. The molecule has 0 heterocycles. The molecular formula is H10O10ThU-6. The minimum absolute atomic E-state index is 0. The van der Waals surface area contributed by atoms with Crippen LogP contribution in [0.3, 0.4) is 0 Å². The van der Waals surface area contributed by atoms with Crippen LogP contribution in [0.2, 0.25) is 0 Å². The first-order chi connectivity index (χ1) is 0. The summed E-state index contributed by atoms with van der Waals surface area (Å²) < 4.78 is 0. The van der Waals surface area contributed by atoms with E-state index in [2.05, 4.69) is 0 Å². The molecule has 0 saturated carbocycles. The summed E-state index contributed by atoms with van der Waals surface area (Å²) in [5.41, 5.74) is 0. The van der Waals surface area contributed by atoms with Crippen molar-refractivity contribution in [3.63, 3.8) is 0 Å². The van der Waals surface area contributed by atoms with E-state index in [1.54, 1.807) is 0 Å². The van der Waals surface area contributed by atoms with Crippen LogP contribution >= 0.6 is 0 Å². The molecule has 0 amide bonds. The van der Waals surface area contributed by atoms with Gasteiger partial charge in [0.1, 0.15) is 0 Å². The van der Waals surface area contributed by atoms with Crippen molar-refractivity contribution < 1.29 is 126 Å². The Morgan fingerprint density at radius 3 is 0.250 bits per heavy atom. The third kappa shape index (κ3) is 369. The van der Waals surface area contributed by atoms with E-state index < -0.39 is 0 Å². The molecule has 84 valence electrons. The van der Waals surface area contributed by atoms with Crippen LogP contribution in [-0.4, -0.2) is 54.8 Å². The second kappa shape index (κ2) is 476. The topological polar surface area (TPSA) is 300 Å². The van der Waals surface area contributed by atoms with E-state index in [1.807, 2.05) is 0 Å². The van der Waals surface area contributed by atoms with Crippen LogP contribution in [0.25, 0.3) is 0 Å². The summed E-state index contributed by atoms with van der Waals surface area (Å²) in [7, 11) is 0. The fraction of sp³-hybridized carbons (Fsp3) is 0. The first kappa shape index (κ1) is 602. The van der Waals surface area contributed by atoms with E-state index in [4.69, 9.17) is 0 Å². The molecule has 0 spiro atoms. The summed E-state index contributed by atoms with van der Waals surface area (Å²) in [6.07, 6.45) is 0. The molecule has 0 aromatic rings. The monoisotopic (exact) mass is 640 g/mol. The standard InChI is InChI=1S/10H2O.Th.U/h10*1H2;;/q;;;;;;;;;;+4;/p-10. The molecule has 0 unspecified atom stereocenters. The Morgan fingerprint density at radius 2 is 0.250 bits per heavy atom. The molecule has 0 radical (unpaired) electrons. The summed E-state index contributed by atoms with van der Waals surface area (Å²) in [6, 6.07) is 0. The molecule has 0 aliphatic heterocycles. The van der Waals surface area contributed by atoms with Gasteiger partial charge in [0.15, 0.2) is 0 Å². The van der Waals surface area contributed by atoms with Gasteiger partial charge in [0, 0.05) is 31.1 Å². The van der Waals surface area contributed by atoms with Crippen LogP contribution in [0.1, 0.15) is 0 Å². The summed E-state index contributed by atoms with van der Waals surface area (Å²) >= 11 is 0. The molecule has 0 atom stereocenters. The molecular weight excluding hydrogens is 630 g/mol. The maximum absolute atomic E-state index is 0. The SMILES string of the molecule is [OH-].[OH-].[OH-].[OH-].[OH-].[OH-].[OH-].[OH-].[OH-].[OH-].[Th+4].[U]. The van der Waals surface area contributed by atoms with E-state index in [-0.39, 0.29) is 126 Å². The van der Waals surface area contributed by atoms with Gasteiger partial charge in [-0.3, -0.25) is 0 Å². The van der Waals surface area contributed by atoms with Gasteiger partial charge in [-0.15, -0.1) is 0 Å². The first-order valence-corrected chi connectivity index (χ1v) is 0. The summed E-state index contributed by atoms with van der Waals surface area (Å²) in [6.45, 7) is 0. The van der Waals surface area contributed by atoms with Gasteiger partial charge in [-0.25, -0.2) is 0 Å². The summed E-state index contributed by atoms with van der Waals surface area (Å²) in [5, 5.41) is 0. The van der Waals surface area contributed by atoms with Crippen molar-refractivity contribution in [1.82, 2.24) is 0 Å². The van der Waals surface area contributed by atoms with Crippen LogP contribution in [0.5, 0.6) is 0 Å². The van der Waals surface area contributed by atoms with Gasteiger partial charge >= 0.3 is 39.9 Å². The zero-order valence-corrected chi connectivity index (χ0v) is 13.7. The van der Waals surface area contributed by atoms with Gasteiger partial charge in [-0.05, 0) is 0 Å². The summed E-state index contributed by atoms with van der Waals surface area (Å²) in [5.74, 6) is 0. The minimum Gasteiger partial charge on any atom is -0.870 e. The molecule has 0 rings (SSSR count). The number of rotatable bonds is 0. The Balaban J connectivity index is 0. The van der Waals surface area contributed by atoms with E-state index >= 15 is 0 Å². The van der Waals surface area contributed by atoms with Crippen molar-refractivity contribution in [2.24, 2.45) is 0 Å². The van der Waals surface area contributed by atoms with Crippen molar-refractivity contribution in [1.29, 1.82) is 0 Å². The Kier molecular flexibility index (Phi) is 23900. The van der Waals surface area contributed by atoms with Crippen molar-refractivity contribution in [3.05, 3.63) is 0 Å². The van der Waals surface area contributed by atoms with Crippen LogP contribution in [0, 0.1) is 71.1 Å². The summed E-state index contributed by atoms with van der Waals surface area (Å²) in [4.78, 5) is 0. The number of hydrogen-bond acceptors (Lipinski definition) is 10. The van der Waals surface area contributed by atoms with Crippen LogP contribution < -0.4 is 0 Å². The fourth-order valence-electron chi connectivity index (χ4n) is 0. The second-order valence-electron chi connectivity index (χ2n) is 0. The molecule has 0 bridgehead atoms. The largest absolute Gasteiger partial charge is 4.00 e. The normalized spacial score (nSPS) is 0. The van der Waals surface area contributed by atoms with E-state index in [0.717, 1.165) is 0 Å². The maximum atomic E-state index is 0. The third-order valence-corrected chi connectivity index (χ3v) is 0. The Labute approximate surface area is 124 Å². The molecule has 0 aromatic heterocycles. The second-order valence-corrected chi connectivity index (χ2v) is 0. The van der Waals surface area contributed by atoms with Gasteiger partial charge in [-0.1, -0.05) is 0 Å². The van der Waals surface area contributed by atoms with Crippen LogP contribution in [0.15, 0.2) is 0 Å². The van der Waals surface area contributed by atoms with E-state index in [0.29, 0.717) is 0 Å². The molecule has 12 heavy (non-hydrogen) atoms. The van der Waals surface area contributed by atoms with Gasteiger partial charge in [-0.2, -0.15) is 0 Å².